The van der Waals surface area contributed by atoms with E-state index in [4.69, 9.17) is 11.1 Å². The van der Waals surface area contributed by atoms with Crippen LogP contribution in [0.2, 0.25) is 0 Å². The fraction of sp³-hybridized carbons (Fsp3) is 0.357. The van der Waals surface area contributed by atoms with E-state index in [1.165, 1.54) is 6.07 Å². The van der Waals surface area contributed by atoms with Crippen molar-refractivity contribution in [2.24, 2.45) is 4.99 Å². The van der Waals surface area contributed by atoms with Crippen molar-refractivity contribution in [2.75, 3.05) is 18.8 Å². The summed E-state index contributed by atoms with van der Waals surface area (Å²) in [6.45, 7) is 3.05. The summed E-state index contributed by atoms with van der Waals surface area (Å²) >= 11 is 0. The second-order valence-corrected chi connectivity index (χ2v) is 5.27. The Morgan fingerprint density at radius 1 is 1.29 bits per heavy atom. The number of nitrogens with two attached hydrogens (primary N) is 1. The number of nitrogens with one attached hydrogen (secondary N) is 1. The fourth-order valence-corrected chi connectivity index (χ4v) is 2.56. The average Bonchev–Trinajstić information content (AvgIpc) is 2.70. The number of rotatable bonds is 1. The number of carbonyl (C=O) groups is 1. The Balaban J connectivity index is 2.02. The van der Waals surface area contributed by atoms with Crippen LogP contribution in [-0.4, -0.2) is 45.7 Å². The molecule has 110 valence electrons. The molecule has 0 aliphatic carbocycles. The number of carbonyl (C=O) groups excluding carboxylic acids is 1. The summed E-state index contributed by atoms with van der Waals surface area (Å²) in [6.07, 6.45) is 1.88. The average molecular weight is 287 g/mol. The van der Waals surface area contributed by atoms with Gasteiger partial charge in [-0.05, 0) is 31.4 Å². The molecular weight excluding hydrogens is 270 g/mol. The molecule has 0 bridgehead atoms. The van der Waals surface area contributed by atoms with Crippen LogP contribution in [-0.2, 0) is 4.79 Å². The van der Waals surface area contributed by atoms with Crippen molar-refractivity contribution in [2.45, 2.75) is 19.8 Å². The first-order chi connectivity index (χ1) is 9.99. The van der Waals surface area contributed by atoms with Gasteiger partial charge in [-0.3, -0.25) is 15.2 Å². The Morgan fingerprint density at radius 2 is 1.95 bits per heavy atom. The molecule has 21 heavy (non-hydrogen) atoms. The Bertz CT molecular complexity index is 642. The quantitative estimate of drug-likeness (QED) is 0.674. The summed E-state index contributed by atoms with van der Waals surface area (Å²) in [4.78, 5) is 16.5. The zero-order valence-electron chi connectivity index (χ0n) is 11.8. The molecule has 2 aliphatic heterocycles. The maximum absolute atomic E-state index is 12.3. The summed E-state index contributed by atoms with van der Waals surface area (Å²) < 4.78 is 0. The number of aryl methyl sites for hydroxylation is 1. The highest BCUT2D eigenvalue weighted by Crippen LogP contribution is 2.32. The molecule has 1 aromatic carbocycles. The number of aromatic hydroxyl groups is 1. The van der Waals surface area contributed by atoms with Gasteiger partial charge in [-0.25, -0.2) is 10.0 Å². The highest BCUT2D eigenvalue weighted by Gasteiger charge is 2.40. The van der Waals surface area contributed by atoms with E-state index < -0.39 is 0 Å². The molecule has 0 spiro atoms. The van der Waals surface area contributed by atoms with E-state index in [-0.39, 0.29) is 28.9 Å². The number of fused-ring (bicyclic) bond motifs is 1. The van der Waals surface area contributed by atoms with Gasteiger partial charge in [0.25, 0.3) is 5.91 Å². The van der Waals surface area contributed by atoms with Crippen LogP contribution >= 0.6 is 0 Å². The molecule has 7 heteroatoms. The van der Waals surface area contributed by atoms with Gasteiger partial charge in [0.15, 0.2) is 11.5 Å². The molecular formula is C14H17N5O2. The largest absolute Gasteiger partial charge is 0.506 e. The van der Waals surface area contributed by atoms with Crippen LogP contribution in [0.3, 0.4) is 0 Å². The van der Waals surface area contributed by atoms with Crippen molar-refractivity contribution in [1.29, 1.82) is 5.41 Å². The Kier molecular flexibility index (Phi) is 3.04. The van der Waals surface area contributed by atoms with Gasteiger partial charge < -0.3 is 10.8 Å². The third-order valence-corrected chi connectivity index (χ3v) is 3.80. The van der Waals surface area contributed by atoms with E-state index in [0.717, 1.165) is 18.4 Å². The summed E-state index contributed by atoms with van der Waals surface area (Å²) in [7, 11) is 0. The van der Waals surface area contributed by atoms with Crippen molar-refractivity contribution in [1.82, 2.24) is 10.0 Å². The van der Waals surface area contributed by atoms with Crippen LogP contribution in [0.4, 0.5) is 11.4 Å². The van der Waals surface area contributed by atoms with Gasteiger partial charge in [0.2, 0.25) is 0 Å². The third-order valence-electron chi connectivity index (χ3n) is 3.80. The van der Waals surface area contributed by atoms with E-state index in [1.807, 2.05) is 0 Å². The topological polar surface area (TPSA) is 106 Å². The first-order valence-corrected chi connectivity index (χ1v) is 6.85. The lowest BCUT2D eigenvalue weighted by molar-refractivity contribution is -0.134. The zero-order chi connectivity index (χ0) is 15.1. The van der Waals surface area contributed by atoms with Gasteiger partial charge in [0.05, 0.1) is 0 Å². The van der Waals surface area contributed by atoms with Gasteiger partial charge in [-0.15, -0.1) is 0 Å². The van der Waals surface area contributed by atoms with Crippen molar-refractivity contribution in [3.63, 3.8) is 0 Å². The van der Waals surface area contributed by atoms with Crippen LogP contribution in [0.5, 0.6) is 5.75 Å². The number of benzene rings is 1. The third kappa shape index (κ3) is 2.10. The number of nitrogens with zero attached hydrogens (tertiary/aromatic N) is 3. The second kappa shape index (κ2) is 4.76. The Morgan fingerprint density at radius 3 is 2.62 bits per heavy atom. The van der Waals surface area contributed by atoms with E-state index in [9.17, 15) is 9.90 Å². The minimum absolute atomic E-state index is 0.0661. The Hall–Kier alpha value is -2.57. The van der Waals surface area contributed by atoms with Crippen molar-refractivity contribution >= 4 is 28.8 Å². The first-order valence-electron chi connectivity index (χ1n) is 6.85. The van der Waals surface area contributed by atoms with E-state index in [1.54, 1.807) is 23.0 Å². The van der Waals surface area contributed by atoms with E-state index >= 15 is 0 Å². The number of nitrogen functional groups attached to an aromatic ring is 1. The SMILES string of the molecule is Cc1cc(N=C2C(=N)N3CCCCN3C2=O)c(O)cc1N. The highest BCUT2D eigenvalue weighted by molar-refractivity contribution is 6.68. The normalized spacial score (nSPS) is 20.3. The van der Waals surface area contributed by atoms with Gasteiger partial charge in [0, 0.05) is 24.8 Å². The van der Waals surface area contributed by atoms with Gasteiger partial charge in [0.1, 0.15) is 11.4 Å². The van der Waals surface area contributed by atoms with Crippen molar-refractivity contribution < 1.29 is 9.90 Å². The number of phenols is 1. The molecule has 4 N–H and O–H groups in total. The monoisotopic (exact) mass is 287 g/mol. The molecule has 2 aliphatic rings. The molecule has 7 nitrogen and oxygen atoms in total. The Labute approximate surface area is 122 Å². The smallest absolute Gasteiger partial charge is 0.294 e. The standard InChI is InChI=1S/C14H17N5O2/c1-8-6-10(11(20)7-9(8)15)17-12-13(16)18-4-2-3-5-19(18)14(12)21/h6-7,16,20H,2-5,15H2,1H3. The molecule has 0 aromatic heterocycles. The molecule has 2 heterocycles. The van der Waals surface area contributed by atoms with Crippen molar-refractivity contribution in [3.05, 3.63) is 17.7 Å². The molecule has 1 aromatic rings. The minimum Gasteiger partial charge on any atom is -0.506 e. The number of aliphatic imine (C=N–C) groups is 1. The molecule has 1 amide bonds. The van der Waals surface area contributed by atoms with Crippen LogP contribution in [0, 0.1) is 12.3 Å². The lowest BCUT2D eigenvalue weighted by atomic mass is 10.1. The number of phenolic OH excluding ortho intramolecular Hbond substituents is 1. The molecule has 0 radical (unpaired) electrons. The summed E-state index contributed by atoms with van der Waals surface area (Å²) in [5, 5.41) is 21.2. The number of amides is 1. The maximum atomic E-state index is 12.3. The number of hydrogen-bond acceptors (Lipinski definition) is 5. The maximum Gasteiger partial charge on any atom is 0.294 e. The number of anilines is 1. The van der Waals surface area contributed by atoms with Crippen LogP contribution in [0.25, 0.3) is 0 Å². The molecule has 0 saturated carbocycles. The molecule has 2 saturated heterocycles. The molecule has 0 atom stereocenters. The lowest BCUT2D eigenvalue weighted by Crippen LogP contribution is -2.45. The highest BCUT2D eigenvalue weighted by atomic mass is 16.3. The van der Waals surface area contributed by atoms with Crippen LogP contribution in [0.1, 0.15) is 18.4 Å². The van der Waals surface area contributed by atoms with Gasteiger partial charge in [-0.2, -0.15) is 0 Å². The molecule has 3 rings (SSSR count). The predicted molar refractivity (Wildman–Crippen MR) is 79.7 cm³/mol. The van der Waals surface area contributed by atoms with Crippen LogP contribution < -0.4 is 5.73 Å². The summed E-state index contributed by atoms with van der Waals surface area (Å²) in [5.74, 6) is -0.284. The number of hydrogen-bond donors (Lipinski definition) is 3. The number of amidine groups is 1. The lowest BCUT2D eigenvalue weighted by Gasteiger charge is -2.32. The summed E-state index contributed by atoms with van der Waals surface area (Å²) in [5.41, 5.74) is 7.27. The molecule has 0 unspecified atom stereocenters. The molecule has 2 fully saturated rings. The van der Waals surface area contributed by atoms with Crippen molar-refractivity contribution in [3.8, 4) is 5.75 Å². The van der Waals surface area contributed by atoms with E-state index in [0.29, 0.717) is 18.8 Å². The minimum atomic E-state index is -0.284. The van der Waals surface area contributed by atoms with E-state index in [2.05, 4.69) is 4.99 Å². The number of hydrazine groups is 1. The first kappa shape index (κ1) is 13.4. The summed E-state index contributed by atoms with van der Waals surface area (Å²) in [6, 6.07) is 3.02. The van der Waals surface area contributed by atoms with Gasteiger partial charge >= 0.3 is 0 Å². The van der Waals surface area contributed by atoms with Gasteiger partial charge in [-0.1, -0.05) is 0 Å². The second-order valence-electron chi connectivity index (χ2n) is 5.27. The zero-order valence-corrected chi connectivity index (χ0v) is 11.8. The van der Waals surface area contributed by atoms with Crippen LogP contribution in [0.15, 0.2) is 17.1 Å². The predicted octanol–water partition coefficient (Wildman–Crippen LogP) is 1.19. The fourth-order valence-electron chi connectivity index (χ4n) is 2.56.